The molecule has 1 saturated carbocycles. The maximum absolute atomic E-state index is 12.2. The van der Waals surface area contributed by atoms with Crippen LogP contribution in [0.5, 0.6) is 0 Å². The number of anilines is 1. The van der Waals surface area contributed by atoms with E-state index in [-0.39, 0.29) is 11.8 Å². The van der Waals surface area contributed by atoms with Crippen LogP contribution in [0, 0.1) is 11.8 Å². The molecule has 0 unspecified atom stereocenters. The summed E-state index contributed by atoms with van der Waals surface area (Å²) in [6.45, 7) is 0.996. The van der Waals surface area contributed by atoms with Gasteiger partial charge in [0.05, 0.1) is 6.26 Å². The van der Waals surface area contributed by atoms with Crippen molar-refractivity contribution in [3.05, 3.63) is 29.8 Å². The molecule has 0 heterocycles. The van der Waals surface area contributed by atoms with Crippen LogP contribution < -0.4 is 15.8 Å². The third-order valence-electron chi connectivity index (χ3n) is 4.02. The summed E-state index contributed by atoms with van der Waals surface area (Å²) in [5, 5.41) is 2.94. The number of hydrogen-bond donors (Lipinski definition) is 3. The largest absolute Gasteiger partial charge is 0.352 e. The highest BCUT2D eigenvalue weighted by molar-refractivity contribution is 7.92. The number of benzene rings is 1. The summed E-state index contributed by atoms with van der Waals surface area (Å²) in [4.78, 5) is 12.2. The minimum atomic E-state index is -3.27. The van der Waals surface area contributed by atoms with Crippen molar-refractivity contribution in [2.45, 2.75) is 25.8 Å². The molecule has 2 rings (SSSR count). The van der Waals surface area contributed by atoms with Crippen LogP contribution in [0.15, 0.2) is 24.3 Å². The van der Waals surface area contributed by atoms with Crippen molar-refractivity contribution >= 4 is 21.6 Å². The van der Waals surface area contributed by atoms with Crippen LogP contribution >= 0.6 is 0 Å². The summed E-state index contributed by atoms with van der Waals surface area (Å²) in [5.41, 5.74) is 7.14. The van der Waals surface area contributed by atoms with E-state index in [1.54, 1.807) is 24.3 Å². The average molecular weight is 325 g/mol. The molecule has 1 fully saturated rings. The Labute approximate surface area is 131 Å². The van der Waals surface area contributed by atoms with Gasteiger partial charge in [0.15, 0.2) is 0 Å². The van der Waals surface area contributed by atoms with Crippen LogP contribution in [-0.2, 0) is 21.4 Å². The van der Waals surface area contributed by atoms with E-state index in [0.717, 1.165) is 31.1 Å². The molecule has 1 aromatic carbocycles. The first-order valence-electron chi connectivity index (χ1n) is 7.43. The fraction of sp³-hybridized carbons (Fsp3) is 0.533. The molecule has 0 radical (unpaired) electrons. The molecule has 122 valence electrons. The first-order chi connectivity index (χ1) is 10.4. The van der Waals surface area contributed by atoms with Gasteiger partial charge in [0.1, 0.15) is 0 Å². The second-order valence-electron chi connectivity index (χ2n) is 5.82. The topological polar surface area (TPSA) is 101 Å². The number of sulfonamides is 1. The summed E-state index contributed by atoms with van der Waals surface area (Å²) in [6, 6.07) is 6.95. The number of nitrogens with one attached hydrogen (secondary N) is 2. The van der Waals surface area contributed by atoms with Crippen molar-refractivity contribution in [3.63, 3.8) is 0 Å². The predicted octanol–water partition coefficient (Wildman–Crippen LogP) is 1.05. The van der Waals surface area contributed by atoms with E-state index in [2.05, 4.69) is 10.0 Å². The Bertz CT molecular complexity index is 613. The molecule has 6 nitrogen and oxygen atoms in total. The second kappa shape index (κ2) is 7.11. The standard InChI is InChI=1S/C15H23N3O3S/c1-22(20,21)18-13-7-5-11(6-8-13)10-17-15(19)14-4-2-3-12(14)9-16/h5-8,12,14,18H,2-4,9-10,16H2,1H3,(H,17,19)/t12-,14-/m1/s1. The lowest BCUT2D eigenvalue weighted by Gasteiger charge is -2.17. The molecule has 0 aromatic heterocycles. The zero-order valence-corrected chi connectivity index (χ0v) is 13.5. The number of nitrogens with two attached hydrogens (primary N) is 1. The molecule has 1 aliphatic rings. The van der Waals surface area contributed by atoms with Gasteiger partial charge in [0.2, 0.25) is 15.9 Å². The molecule has 0 spiro atoms. The maximum Gasteiger partial charge on any atom is 0.229 e. The molecule has 2 atom stereocenters. The Morgan fingerprint density at radius 2 is 1.95 bits per heavy atom. The van der Waals surface area contributed by atoms with E-state index >= 15 is 0 Å². The summed E-state index contributed by atoms with van der Waals surface area (Å²) >= 11 is 0. The van der Waals surface area contributed by atoms with Crippen LogP contribution in [-0.4, -0.2) is 27.1 Å². The normalized spacial score (nSPS) is 21.5. The number of amides is 1. The number of hydrogen-bond acceptors (Lipinski definition) is 4. The molecule has 0 aliphatic heterocycles. The lowest BCUT2D eigenvalue weighted by molar-refractivity contribution is -0.126. The Hall–Kier alpha value is -1.60. The minimum absolute atomic E-state index is 0.0242. The van der Waals surface area contributed by atoms with Crippen molar-refractivity contribution in [2.24, 2.45) is 17.6 Å². The Kier molecular flexibility index (Phi) is 5.42. The number of rotatable bonds is 6. The second-order valence-corrected chi connectivity index (χ2v) is 7.57. The van der Waals surface area contributed by atoms with Gasteiger partial charge in [-0.25, -0.2) is 8.42 Å². The van der Waals surface area contributed by atoms with Gasteiger partial charge in [0, 0.05) is 18.2 Å². The van der Waals surface area contributed by atoms with E-state index in [9.17, 15) is 13.2 Å². The highest BCUT2D eigenvalue weighted by Gasteiger charge is 2.31. The van der Waals surface area contributed by atoms with Gasteiger partial charge in [-0.1, -0.05) is 18.6 Å². The van der Waals surface area contributed by atoms with Crippen molar-refractivity contribution in [3.8, 4) is 0 Å². The zero-order chi connectivity index (χ0) is 16.2. The molecular formula is C15H23N3O3S. The van der Waals surface area contributed by atoms with E-state index in [1.165, 1.54) is 0 Å². The lowest BCUT2D eigenvalue weighted by atomic mass is 9.95. The fourth-order valence-corrected chi connectivity index (χ4v) is 3.45. The van der Waals surface area contributed by atoms with Crippen LogP contribution in [0.3, 0.4) is 0 Å². The molecule has 22 heavy (non-hydrogen) atoms. The molecule has 4 N–H and O–H groups in total. The predicted molar refractivity (Wildman–Crippen MR) is 86.6 cm³/mol. The monoisotopic (exact) mass is 325 g/mol. The van der Waals surface area contributed by atoms with Gasteiger partial charge >= 0.3 is 0 Å². The summed E-state index contributed by atoms with van der Waals surface area (Å²) < 4.78 is 24.7. The zero-order valence-electron chi connectivity index (χ0n) is 12.7. The van der Waals surface area contributed by atoms with Gasteiger partial charge in [-0.3, -0.25) is 9.52 Å². The first-order valence-corrected chi connectivity index (χ1v) is 9.32. The van der Waals surface area contributed by atoms with Gasteiger partial charge in [-0.05, 0) is 43.0 Å². The summed E-state index contributed by atoms with van der Waals surface area (Å²) in [7, 11) is -3.27. The van der Waals surface area contributed by atoms with Crippen LogP contribution in [0.25, 0.3) is 0 Å². The third-order valence-corrected chi connectivity index (χ3v) is 4.63. The van der Waals surface area contributed by atoms with Gasteiger partial charge < -0.3 is 11.1 Å². The maximum atomic E-state index is 12.2. The van der Waals surface area contributed by atoms with E-state index in [0.29, 0.717) is 24.7 Å². The summed E-state index contributed by atoms with van der Waals surface area (Å²) in [5.74, 6) is 0.379. The highest BCUT2D eigenvalue weighted by Crippen LogP contribution is 2.30. The van der Waals surface area contributed by atoms with Crippen LogP contribution in [0.1, 0.15) is 24.8 Å². The Balaban J connectivity index is 1.88. The van der Waals surface area contributed by atoms with Crippen LogP contribution in [0.4, 0.5) is 5.69 Å². The van der Waals surface area contributed by atoms with Crippen molar-refractivity contribution in [1.82, 2.24) is 5.32 Å². The molecule has 7 heteroatoms. The molecule has 1 amide bonds. The van der Waals surface area contributed by atoms with E-state index in [4.69, 9.17) is 5.73 Å². The molecule has 0 saturated heterocycles. The smallest absolute Gasteiger partial charge is 0.229 e. The van der Waals surface area contributed by atoms with Gasteiger partial charge in [-0.2, -0.15) is 0 Å². The van der Waals surface area contributed by atoms with E-state index < -0.39 is 10.0 Å². The van der Waals surface area contributed by atoms with Crippen molar-refractivity contribution in [1.29, 1.82) is 0 Å². The van der Waals surface area contributed by atoms with Crippen molar-refractivity contribution in [2.75, 3.05) is 17.5 Å². The quantitative estimate of drug-likeness (QED) is 0.727. The highest BCUT2D eigenvalue weighted by atomic mass is 32.2. The fourth-order valence-electron chi connectivity index (χ4n) is 2.89. The number of carbonyl (C=O) groups excluding carboxylic acids is 1. The van der Waals surface area contributed by atoms with Gasteiger partial charge in [0.25, 0.3) is 0 Å². The molecule has 0 bridgehead atoms. The Morgan fingerprint density at radius 3 is 2.55 bits per heavy atom. The van der Waals surface area contributed by atoms with Crippen LogP contribution in [0.2, 0.25) is 0 Å². The third kappa shape index (κ3) is 4.71. The SMILES string of the molecule is CS(=O)(=O)Nc1ccc(CNC(=O)[C@@H]2CCC[C@@H]2CN)cc1. The molecule has 1 aromatic rings. The number of carbonyl (C=O) groups is 1. The van der Waals surface area contributed by atoms with Gasteiger partial charge in [-0.15, -0.1) is 0 Å². The lowest BCUT2D eigenvalue weighted by Crippen LogP contribution is -2.34. The average Bonchev–Trinajstić information content (AvgIpc) is 2.93. The molecule has 1 aliphatic carbocycles. The van der Waals surface area contributed by atoms with E-state index in [1.807, 2.05) is 0 Å². The first kappa shape index (κ1) is 16.8. The summed E-state index contributed by atoms with van der Waals surface area (Å²) in [6.07, 6.45) is 4.10. The Morgan fingerprint density at radius 1 is 1.27 bits per heavy atom. The minimum Gasteiger partial charge on any atom is -0.352 e. The van der Waals surface area contributed by atoms with Crippen molar-refractivity contribution < 1.29 is 13.2 Å². The molecular weight excluding hydrogens is 302 g/mol.